The highest BCUT2D eigenvalue weighted by molar-refractivity contribution is 5.78. The molecule has 126 valence electrons. The first kappa shape index (κ1) is 15.4. The van der Waals surface area contributed by atoms with Crippen LogP contribution in [-0.4, -0.2) is 46.7 Å². The molecule has 5 heteroatoms. The highest BCUT2D eigenvalue weighted by atomic mass is 16.5. The topological polar surface area (TPSA) is 47.4 Å². The standard InChI is InChI=1S/C19H23N3O2/c1-19(12-24-13-19)18-17(15-6-3-2-4-7-15)20-14-22(18)11-10-21-9-5-8-16(21)23/h2-4,6-7,14H,5,8-13H2,1H3. The first-order chi connectivity index (χ1) is 11.7. The fourth-order valence-electron chi connectivity index (χ4n) is 3.71. The van der Waals surface area contributed by atoms with Crippen molar-refractivity contribution in [3.63, 3.8) is 0 Å². The van der Waals surface area contributed by atoms with Gasteiger partial charge in [-0.2, -0.15) is 0 Å². The summed E-state index contributed by atoms with van der Waals surface area (Å²) in [5, 5.41) is 0. The van der Waals surface area contributed by atoms with Crippen molar-refractivity contribution in [2.45, 2.75) is 31.7 Å². The molecule has 0 aliphatic carbocycles. The van der Waals surface area contributed by atoms with E-state index in [9.17, 15) is 4.79 Å². The summed E-state index contributed by atoms with van der Waals surface area (Å²) >= 11 is 0. The van der Waals surface area contributed by atoms with Crippen molar-refractivity contribution in [1.29, 1.82) is 0 Å². The van der Waals surface area contributed by atoms with Gasteiger partial charge >= 0.3 is 0 Å². The van der Waals surface area contributed by atoms with Crippen LogP contribution < -0.4 is 0 Å². The summed E-state index contributed by atoms with van der Waals surface area (Å²) < 4.78 is 7.72. The molecule has 1 aromatic carbocycles. The molecule has 0 bridgehead atoms. The minimum atomic E-state index is -0.00328. The van der Waals surface area contributed by atoms with Gasteiger partial charge in [0.15, 0.2) is 0 Å². The van der Waals surface area contributed by atoms with Gasteiger partial charge in [0.2, 0.25) is 5.91 Å². The average Bonchev–Trinajstić information content (AvgIpc) is 3.18. The molecule has 0 atom stereocenters. The maximum absolute atomic E-state index is 11.9. The first-order valence-corrected chi connectivity index (χ1v) is 8.64. The van der Waals surface area contributed by atoms with Crippen LogP contribution in [0.2, 0.25) is 0 Å². The molecule has 1 aromatic heterocycles. The van der Waals surface area contributed by atoms with Gasteiger partial charge in [0.05, 0.1) is 36.3 Å². The quantitative estimate of drug-likeness (QED) is 0.848. The lowest BCUT2D eigenvalue weighted by atomic mass is 9.82. The lowest BCUT2D eigenvalue weighted by Crippen LogP contribution is -2.46. The maximum Gasteiger partial charge on any atom is 0.222 e. The molecule has 2 saturated heterocycles. The van der Waals surface area contributed by atoms with Crippen molar-refractivity contribution in [2.75, 3.05) is 26.3 Å². The monoisotopic (exact) mass is 325 g/mol. The van der Waals surface area contributed by atoms with Gasteiger partial charge in [-0.1, -0.05) is 30.3 Å². The number of rotatable bonds is 5. The van der Waals surface area contributed by atoms with Crippen LogP contribution in [0.3, 0.4) is 0 Å². The van der Waals surface area contributed by atoms with E-state index in [-0.39, 0.29) is 11.3 Å². The molecule has 2 aromatic rings. The van der Waals surface area contributed by atoms with Gasteiger partial charge in [0.1, 0.15) is 0 Å². The number of hydrogen-bond donors (Lipinski definition) is 0. The van der Waals surface area contributed by atoms with Crippen molar-refractivity contribution in [1.82, 2.24) is 14.5 Å². The van der Waals surface area contributed by atoms with Gasteiger partial charge in [-0.15, -0.1) is 0 Å². The number of nitrogens with zero attached hydrogens (tertiary/aromatic N) is 3. The number of carbonyl (C=O) groups excluding carboxylic acids is 1. The van der Waals surface area contributed by atoms with E-state index in [1.165, 1.54) is 5.69 Å². The Morgan fingerprint density at radius 2 is 2.00 bits per heavy atom. The summed E-state index contributed by atoms with van der Waals surface area (Å²) in [5.41, 5.74) is 3.40. The molecule has 24 heavy (non-hydrogen) atoms. The fraction of sp³-hybridized carbons (Fsp3) is 0.474. The molecular formula is C19H23N3O2. The number of carbonyl (C=O) groups is 1. The number of ether oxygens (including phenoxy) is 1. The number of aromatic nitrogens is 2. The lowest BCUT2D eigenvalue weighted by molar-refractivity contribution is -0.127. The summed E-state index contributed by atoms with van der Waals surface area (Å²) in [6, 6.07) is 10.3. The zero-order valence-corrected chi connectivity index (χ0v) is 14.1. The summed E-state index contributed by atoms with van der Waals surface area (Å²) in [6.07, 6.45) is 3.59. The number of amides is 1. The van der Waals surface area contributed by atoms with Gasteiger partial charge in [0, 0.05) is 31.6 Å². The third kappa shape index (κ3) is 2.63. The smallest absolute Gasteiger partial charge is 0.222 e. The van der Waals surface area contributed by atoms with Crippen LogP contribution in [-0.2, 0) is 21.5 Å². The van der Waals surface area contributed by atoms with Crippen LogP contribution in [0, 0.1) is 0 Å². The van der Waals surface area contributed by atoms with E-state index in [0.29, 0.717) is 6.42 Å². The highest BCUT2D eigenvalue weighted by Crippen LogP contribution is 2.37. The van der Waals surface area contributed by atoms with E-state index >= 15 is 0 Å². The second-order valence-electron chi connectivity index (χ2n) is 7.04. The SMILES string of the molecule is CC1(c2c(-c3ccccc3)ncn2CCN2CCCC2=O)COC1. The molecular weight excluding hydrogens is 302 g/mol. The number of benzene rings is 1. The lowest BCUT2D eigenvalue weighted by Gasteiger charge is -2.39. The molecule has 0 spiro atoms. The Morgan fingerprint density at radius 1 is 1.21 bits per heavy atom. The van der Waals surface area contributed by atoms with Crippen LogP contribution in [0.4, 0.5) is 0 Å². The predicted molar refractivity (Wildman–Crippen MR) is 91.6 cm³/mol. The van der Waals surface area contributed by atoms with E-state index in [4.69, 9.17) is 9.72 Å². The molecule has 1 amide bonds. The minimum absolute atomic E-state index is 0.00328. The molecule has 2 aliphatic rings. The highest BCUT2D eigenvalue weighted by Gasteiger charge is 2.40. The van der Waals surface area contributed by atoms with E-state index < -0.39 is 0 Å². The van der Waals surface area contributed by atoms with Crippen LogP contribution in [0.5, 0.6) is 0 Å². The Hall–Kier alpha value is -2.14. The largest absolute Gasteiger partial charge is 0.379 e. The molecule has 0 radical (unpaired) electrons. The van der Waals surface area contributed by atoms with Gasteiger partial charge in [-0.05, 0) is 13.3 Å². The molecule has 0 saturated carbocycles. The van der Waals surface area contributed by atoms with Gasteiger partial charge in [-0.25, -0.2) is 4.98 Å². The first-order valence-electron chi connectivity index (χ1n) is 8.64. The van der Waals surface area contributed by atoms with Gasteiger partial charge in [0.25, 0.3) is 0 Å². The van der Waals surface area contributed by atoms with Gasteiger partial charge in [-0.3, -0.25) is 4.79 Å². The van der Waals surface area contributed by atoms with Crippen LogP contribution >= 0.6 is 0 Å². The van der Waals surface area contributed by atoms with E-state index in [1.807, 2.05) is 29.4 Å². The van der Waals surface area contributed by atoms with Crippen LogP contribution in [0.1, 0.15) is 25.5 Å². The minimum Gasteiger partial charge on any atom is -0.379 e. The van der Waals surface area contributed by atoms with Gasteiger partial charge < -0.3 is 14.2 Å². The summed E-state index contributed by atoms with van der Waals surface area (Å²) in [6.45, 7) is 6.11. The number of likely N-dealkylation sites (tertiary alicyclic amines) is 1. The summed E-state index contributed by atoms with van der Waals surface area (Å²) in [7, 11) is 0. The van der Waals surface area contributed by atoms with Crippen LogP contribution in [0.15, 0.2) is 36.7 Å². The predicted octanol–water partition coefficient (Wildman–Crippen LogP) is 2.46. The molecule has 5 nitrogen and oxygen atoms in total. The van der Waals surface area contributed by atoms with E-state index in [1.54, 1.807) is 0 Å². The molecule has 4 rings (SSSR count). The average molecular weight is 325 g/mol. The third-order valence-electron chi connectivity index (χ3n) is 5.08. The Balaban J connectivity index is 1.64. The normalized spacial score (nSPS) is 19.5. The van der Waals surface area contributed by atoms with Crippen molar-refractivity contribution >= 4 is 5.91 Å². The summed E-state index contributed by atoms with van der Waals surface area (Å²) in [5.74, 6) is 0.276. The van der Waals surface area contributed by atoms with Crippen LogP contribution in [0.25, 0.3) is 11.3 Å². The molecule has 2 fully saturated rings. The molecule has 2 aliphatic heterocycles. The molecule has 0 unspecified atom stereocenters. The Kier molecular flexibility index (Phi) is 3.88. The molecule has 0 N–H and O–H groups in total. The second kappa shape index (κ2) is 6.06. The molecule has 3 heterocycles. The number of imidazole rings is 1. The van der Waals surface area contributed by atoms with Crippen molar-refractivity contribution in [3.05, 3.63) is 42.4 Å². The zero-order valence-electron chi connectivity index (χ0n) is 14.1. The van der Waals surface area contributed by atoms with Crippen molar-refractivity contribution in [3.8, 4) is 11.3 Å². The zero-order chi connectivity index (χ0) is 16.6. The van der Waals surface area contributed by atoms with E-state index in [0.717, 1.165) is 50.5 Å². The second-order valence-corrected chi connectivity index (χ2v) is 7.04. The summed E-state index contributed by atoms with van der Waals surface area (Å²) in [4.78, 5) is 18.5. The fourth-order valence-corrected chi connectivity index (χ4v) is 3.71. The Morgan fingerprint density at radius 3 is 2.62 bits per heavy atom. The van der Waals surface area contributed by atoms with Crippen molar-refractivity contribution in [2.24, 2.45) is 0 Å². The Labute approximate surface area is 142 Å². The van der Waals surface area contributed by atoms with Crippen molar-refractivity contribution < 1.29 is 9.53 Å². The van der Waals surface area contributed by atoms with E-state index in [2.05, 4.69) is 23.6 Å². The number of hydrogen-bond acceptors (Lipinski definition) is 3. The maximum atomic E-state index is 11.9. The Bertz CT molecular complexity index is 734. The third-order valence-corrected chi connectivity index (χ3v) is 5.08.